The molecular formula is C25H25ClFNO7S. The van der Waals surface area contributed by atoms with E-state index in [1.807, 2.05) is 0 Å². The molecule has 8 nitrogen and oxygen atoms in total. The number of esters is 2. The molecule has 11 heteroatoms. The van der Waals surface area contributed by atoms with Gasteiger partial charge in [-0.3, -0.25) is 14.4 Å². The maximum absolute atomic E-state index is 15.3. The van der Waals surface area contributed by atoms with Crippen molar-refractivity contribution in [3.8, 4) is 0 Å². The van der Waals surface area contributed by atoms with E-state index >= 15 is 4.39 Å². The van der Waals surface area contributed by atoms with E-state index in [0.717, 1.165) is 0 Å². The molecule has 1 aromatic carbocycles. The van der Waals surface area contributed by atoms with Crippen molar-refractivity contribution in [1.29, 1.82) is 0 Å². The molecule has 0 saturated heterocycles. The van der Waals surface area contributed by atoms with Crippen LogP contribution in [0.1, 0.15) is 40.9 Å². The van der Waals surface area contributed by atoms with Crippen LogP contribution in [0.25, 0.3) is 0 Å². The fourth-order valence-corrected chi connectivity index (χ4v) is 5.02. The Labute approximate surface area is 216 Å². The second-order valence-electron chi connectivity index (χ2n) is 7.82. The van der Waals surface area contributed by atoms with Gasteiger partial charge in [0.2, 0.25) is 5.13 Å². The number of methoxy groups -OCH3 is 2. The van der Waals surface area contributed by atoms with E-state index in [1.165, 1.54) is 26.4 Å². The van der Waals surface area contributed by atoms with Crippen LogP contribution in [0.2, 0.25) is 5.02 Å². The average molecular weight is 538 g/mol. The minimum atomic E-state index is -0.919. The number of benzene rings is 1. The zero-order chi connectivity index (χ0) is 26.2. The lowest BCUT2D eigenvalue weighted by molar-refractivity contribution is -0.141. The van der Waals surface area contributed by atoms with E-state index in [4.69, 9.17) is 21.1 Å². The fourth-order valence-electron chi connectivity index (χ4n) is 3.73. The normalized spacial score (nSPS) is 13.3. The second-order valence-corrected chi connectivity index (χ2v) is 9.25. The number of imide groups is 1. The second kappa shape index (κ2) is 12.8. The molecule has 0 N–H and O–H groups in total. The first-order chi connectivity index (χ1) is 17.3. The standard InChI is InChI=1S/C25H25ClFNO7S/c1-33-12-13-35-25(32)17-11-7-6-10-16(17)24(31)28(23(30)15-8-4-3-5-9-15)21-20(26)18(36-22(21)27)14-19(29)34-2/h3-5,8-9H,6-7,10-14H2,1-2H3. The topological polar surface area (TPSA) is 99.2 Å². The predicted octanol–water partition coefficient (Wildman–Crippen LogP) is 4.49. The monoisotopic (exact) mass is 537 g/mol. The summed E-state index contributed by atoms with van der Waals surface area (Å²) in [4.78, 5) is 52.7. The molecule has 0 atom stereocenters. The lowest BCUT2D eigenvalue weighted by atomic mass is 9.90. The van der Waals surface area contributed by atoms with Gasteiger partial charge in [0, 0.05) is 28.7 Å². The molecule has 1 aromatic heterocycles. The first kappa shape index (κ1) is 27.5. The Morgan fingerprint density at radius 1 is 1.00 bits per heavy atom. The molecule has 192 valence electrons. The van der Waals surface area contributed by atoms with Crippen molar-refractivity contribution in [2.24, 2.45) is 0 Å². The van der Waals surface area contributed by atoms with Gasteiger partial charge in [0.1, 0.15) is 12.3 Å². The fraction of sp³-hybridized carbons (Fsp3) is 0.360. The number of carbonyl (C=O) groups is 4. The maximum atomic E-state index is 15.3. The van der Waals surface area contributed by atoms with Crippen molar-refractivity contribution in [1.82, 2.24) is 0 Å². The highest BCUT2D eigenvalue weighted by molar-refractivity contribution is 7.11. The number of amides is 2. The van der Waals surface area contributed by atoms with Gasteiger partial charge in [-0.1, -0.05) is 29.8 Å². The number of thiophene rings is 1. The van der Waals surface area contributed by atoms with Gasteiger partial charge in [0.15, 0.2) is 0 Å². The number of halogens is 2. The van der Waals surface area contributed by atoms with Crippen molar-refractivity contribution in [3.05, 3.63) is 62.1 Å². The Morgan fingerprint density at radius 3 is 2.31 bits per heavy atom. The zero-order valence-corrected chi connectivity index (χ0v) is 21.4. The summed E-state index contributed by atoms with van der Waals surface area (Å²) in [6.07, 6.45) is 1.38. The van der Waals surface area contributed by atoms with Crippen LogP contribution < -0.4 is 4.90 Å². The average Bonchev–Trinajstić information content (AvgIpc) is 3.16. The molecule has 3 rings (SSSR count). The SMILES string of the molecule is COCCOC(=O)C1=C(C(=O)N(C(=O)c2ccccc2)c2c(F)sc(CC(=O)OC)c2Cl)CCCC1. The lowest BCUT2D eigenvalue weighted by Crippen LogP contribution is -2.40. The van der Waals surface area contributed by atoms with E-state index < -0.39 is 34.6 Å². The molecule has 2 aromatic rings. The minimum absolute atomic E-state index is 0.00512. The summed E-state index contributed by atoms with van der Waals surface area (Å²) >= 11 is 6.96. The van der Waals surface area contributed by atoms with Crippen LogP contribution in [-0.4, -0.2) is 51.2 Å². The molecule has 0 saturated carbocycles. The third kappa shape index (κ3) is 6.18. The molecule has 0 radical (unpaired) electrons. The van der Waals surface area contributed by atoms with Crippen molar-refractivity contribution < 1.29 is 37.8 Å². The van der Waals surface area contributed by atoms with Crippen molar-refractivity contribution in [2.45, 2.75) is 32.1 Å². The Morgan fingerprint density at radius 2 is 1.67 bits per heavy atom. The minimum Gasteiger partial charge on any atom is -0.469 e. The van der Waals surface area contributed by atoms with Gasteiger partial charge in [-0.05, 0) is 37.8 Å². The summed E-state index contributed by atoms with van der Waals surface area (Å²) in [7, 11) is 2.64. The third-order valence-electron chi connectivity index (χ3n) is 5.53. The van der Waals surface area contributed by atoms with E-state index in [0.29, 0.717) is 29.1 Å². The summed E-state index contributed by atoms with van der Waals surface area (Å²) in [5, 5.41) is -1.17. The largest absolute Gasteiger partial charge is 0.469 e. The Bertz CT molecular complexity index is 1180. The van der Waals surface area contributed by atoms with E-state index in [1.54, 1.807) is 18.2 Å². The van der Waals surface area contributed by atoms with Crippen molar-refractivity contribution in [3.63, 3.8) is 0 Å². The molecule has 0 bridgehead atoms. The Hall–Kier alpha value is -3.08. The summed E-state index contributed by atoms with van der Waals surface area (Å²) < 4.78 is 30.0. The van der Waals surface area contributed by atoms with Gasteiger partial charge in [-0.25, -0.2) is 9.69 Å². The van der Waals surface area contributed by atoms with Crippen molar-refractivity contribution in [2.75, 3.05) is 32.3 Å². The number of carbonyl (C=O) groups excluding carboxylic acids is 4. The van der Waals surface area contributed by atoms with Crippen LogP contribution in [0.15, 0.2) is 41.5 Å². The lowest BCUT2D eigenvalue weighted by Gasteiger charge is -2.25. The maximum Gasteiger partial charge on any atom is 0.334 e. The summed E-state index contributed by atoms with van der Waals surface area (Å²) in [6.45, 7) is 0.175. The highest BCUT2D eigenvalue weighted by atomic mass is 35.5. The van der Waals surface area contributed by atoms with Gasteiger partial charge in [0.25, 0.3) is 11.8 Å². The summed E-state index contributed by atoms with van der Waals surface area (Å²) in [6, 6.07) is 7.84. The van der Waals surface area contributed by atoms with Gasteiger partial charge < -0.3 is 14.2 Å². The van der Waals surface area contributed by atoms with Crippen LogP contribution in [0.5, 0.6) is 0 Å². The number of hydrogen-bond donors (Lipinski definition) is 0. The first-order valence-corrected chi connectivity index (χ1v) is 12.3. The molecule has 2 amide bonds. The Kier molecular flexibility index (Phi) is 9.74. The molecule has 1 aliphatic rings. The highest BCUT2D eigenvalue weighted by Gasteiger charge is 2.37. The Balaban J connectivity index is 2.11. The summed E-state index contributed by atoms with van der Waals surface area (Å²) in [5.74, 6) is -3.04. The molecular weight excluding hydrogens is 513 g/mol. The molecule has 36 heavy (non-hydrogen) atoms. The molecule has 1 heterocycles. The molecule has 1 aliphatic carbocycles. The highest BCUT2D eigenvalue weighted by Crippen LogP contribution is 2.41. The van der Waals surface area contributed by atoms with Crippen LogP contribution in [-0.2, 0) is 35.0 Å². The van der Waals surface area contributed by atoms with Crippen LogP contribution >= 0.6 is 22.9 Å². The predicted molar refractivity (Wildman–Crippen MR) is 132 cm³/mol. The van der Waals surface area contributed by atoms with Crippen molar-refractivity contribution >= 4 is 52.4 Å². The van der Waals surface area contributed by atoms with Gasteiger partial charge in [-0.15, -0.1) is 11.3 Å². The third-order valence-corrected chi connectivity index (χ3v) is 7.01. The quantitative estimate of drug-likeness (QED) is 0.264. The van der Waals surface area contributed by atoms with Crippen LogP contribution in [0.3, 0.4) is 0 Å². The number of hydrogen-bond acceptors (Lipinski definition) is 8. The number of nitrogens with zero attached hydrogens (tertiary/aromatic N) is 1. The molecule has 0 aliphatic heterocycles. The zero-order valence-electron chi connectivity index (χ0n) is 19.8. The number of rotatable bonds is 9. The molecule has 0 unspecified atom stereocenters. The number of anilines is 1. The van der Waals surface area contributed by atoms with E-state index in [9.17, 15) is 19.2 Å². The number of ether oxygens (including phenoxy) is 3. The van der Waals surface area contributed by atoms with Crippen LogP contribution in [0.4, 0.5) is 10.1 Å². The molecule has 0 spiro atoms. The van der Waals surface area contributed by atoms with Gasteiger partial charge in [-0.2, -0.15) is 4.39 Å². The van der Waals surface area contributed by atoms with Crippen LogP contribution in [0, 0.1) is 5.13 Å². The van der Waals surface area contributed by atoms with Gasteiger partial charge >= 0.3 is 11.9 Å². The van der Waals surface area contributed by atoms with E-state index in [2.05, 4.69) is 4.74 Å². The van der Waals surface area contributed by atoms with Gasteiger partial charge in [0.05, 0.1) is 25.2 Å². The smallest absolute Gasteiger partial charge is 0.334 e. The van der Waals surface area contributed by atoms with E-state index in [-0.39, 0.29) is 59.1 Å². The summed E-state index contributed by atoms with van der Waals surface area (Å²) in [5.41, 5.74) is -0.161. The first-order valence-electron chi connectivity index (χ1n) is 11.2. The molecule has 0 fully saturated rings.